The SMILES string of the molecule is COc1cccc(CC(=O)Nc2ccc3c(c2)C(C)(C)C(=O)N3C)c1. The van der Waals surface area contributed by atoms with Crippen molar-refractivity contribution in [2.45, 2.75) is 25.7 Å². The van der Waals surface area contributed by atoms with Crippen molar-refractivity contribution in [3.63, 3.8) is 0 Å². The highest BCUT2D eigenvalue weighted by atomic mass is 16.5. The first kappa shape index (κ1) is 17.0. The number of fused-ring (bicyclic) bond motifs is 1. The molecule has 0 saturated carbocycles. The molecule has 2 amide bonds. The second kappa shape index (κ2) is 6.24. The second-order valence-electron chi connectivity index (χ2n) is 6.80. The van der Waals surface area contributed by atoms with Crippen LogP contribution in [0.25, 0.3) is 0 Å². The van der Waals surface area contributed by atoms with Gasteiger partial charge in [-0.2, -0.15) is 0 Å². The van der Waals surface area contributed by atoms with Gasteiger partial charge in [-0.15, -0.1) is 0 Å². The Morgan fingerprint density at radius 2 is 1.96 bits per heavy atom. The van der Waals surface area contributed by atoms with Crippen LogP contribution in [0.3, 0.4) is 0 Å². The van der Waals surface area contributed by atoms with Crippen molar-refractivity contribution in [2.75, 3.05) is 24.4 Å². The minimum absolute atomic E-state index is 0.0577. The third-order valence-electron chi connectivity index (χ3n) is 4.65. The van der Waals surface area contributed by atoms with E-state index in [1.807, 2.05) is 56.3 Å². The van der Waals surface area contributed by atoms with Gasteiger partial charge in [0.1, 0.15) is 5.75 Å². The lowest BCUT2D eigenvalue weighted by atomic mass is 9.86. The minimum atomic E-state index is -0.586. The molecule has 1 aliphatic rings. The fourth-order valence-electron chi connectivity index (χ4n) is 3.22. The normalized spacial score (nSPS) is 15.0. The van der Waals surface area contributed by atoms with E-state index < -0.39 is 5.41 Å². The molecule has 3 rings (SSSR count). The van der Waals surface area contributed by atoms with Crippen LogP contribution in [0.15, 0.2) is 42.5 Å². The molecule has 0 bridgehead atoms. The molecule has 5 nitrogen and oxygen atoms in total. The highest BCUT2D eigenvalue weighted by molar-refractivity contribution is 6.07. The predicted octanol–water partition coefficient (Wildman–Crippen LogP) is 3.13. The minimum Gasteiger partial charge on any atom is -0.497 e. The zero-order valence-electron chi connectivity index (χ0n) is 14.9. The van der Waals surface area contributed by atoms with E-state index >= 15 is 0 Å². The van der Waals surface area contributed by atoms with Gasteiger partial charge < -0.3 is 15.0 Å². The van der Waals surface area contributed by atoms with Crippen LogP contribution >= 0.6 is 0 Å². The molecule has 1 heterocycles. The number of methoxy groups -OCH3 is 1. The average molecular weight is 338 g/mol. The molecule has 0 fully saturated rings. The molecule has 2 aromatic rings. The highest BCUT2D eigenvalue weighted by Crippen LogP contribution is 2.41. The van der Waals surface area contributed by atoms with Gasteiger partial charge in [0.05, 0.1) is 18.9 Å². The summed E-state index contributed by atoms with van der Waals surface area (Å²) in [6, 6.07) is 13.0. The average Bonchev–Trinajstić information content (AvgIpc) is 2.76. The van der Waals surface area contributed by atoms with Crippen LogP contribution in [0.1, 0.15) is 25.0 Å². The molecule has 0 unspecified atom stereocenters. The summed E-state index contributed by atoms with van der Waals surface area (Å²) in [6.45, 7) is 3.80. The summed E-state index contributed by atoms with van der Waals surface area (Å²) in [7, 11) is 3.38. The lowest BCUT2D eigenvalue weighted by molar-refractivity contribution is -0.121. The number of nitrogens with zero attached hydrogens (tertiary/aromatic N) is 1. The number of likely N-dealkylation sites (N-methyl/N-ethyl adjacent to an activating group) is 1. The monoisotopic (exact) mass is 338 g/mol. The van der Waals surface area contributed by atoms with Crippen molar-refractivity contribution in [1.82, 2.24) is 0 Å². The Morgan fingerprint density at radius 3 is 2.68 bits per heavy atom. The van der Waals surface area contributed by atoms with Gasteiger partial charge in [0, 0.05) is 18.4 Å². The van der Waals surface area contributed by atoms with E-state index in [1.165, 1.54) is 0 Å². The number of hydrogen-bond acceptors (Lipinski definition) is 3. The van der Waals surface area contributed by atoms with Crippen LogP contribution in [-0.2, 0) is 21.4 Å². The van der Waals surface area contributed by atoms with Crippen molar-refractivity contribution < 1.29 is 14.3 Å². The van der Waals surface area contributed by atoms with E-state index in [4.69, 9.17) is 4.74 Å². The zero-order valence-corrected chi connectivity index (χ0v) is 14.9. The van der Waals surface area contributed by atoms with Crippen LogP contribution in [-0.4, -0.2) is 26.0 Å². The van der Waals surface area contributed by atoms with Crippen molar-refractivity contribution in [3.8, 4) is 5.75 Å². The molecule has 0 spiro atoms. The molecule has 5 heteroatoms. The Morgan fingerprint density at radius 1 is 1.20 bits per heavy atom. The van der Waals surface area contributed by atoms with Gasteiger partial charge in [0.15, 0.2) is 0 Å². The fraction of sp³-hybridized carbons (Fsp3) is 0.300. The highest BCUT2D eigenvalue weighted by Gasteiger charge is 2.42. The molecule has 130 valence electrons. The van der Waals surface area contributed by atoms with E-state index in [0.29, 0.717) is 5.69 Å². The summed E-state index contributed by atoms with van der Waals surface area (Å²) in [4.78, 5) is 26.4. The summed E-state index contributed by atoms with van der Waals surface area (Å²) in [6.07, 6.45) is 0.260. The number of carbonyl (C=O) groups excluding carboxylic acids is 2. The Balaban J connectivity index is 1.77. The van der Waals surface area contributed by atoms with E-state index in [0.717, 1.165) is 22.6 Å². The maximum atomic E-state index is 12.3. The molecule has 2 aromatic carbocycles. The van der Waals surface area contributed by atoms with Gasteiger partial charge in [-0.3, -0.25) is 9.59 Å². The van der Waals surface area contributed by atoms with Crippen molar-refractivity contribution in [1.29, 1.82) is 0 Å². The van der Waals surface area contributed by atoms with Gasteiger partial charge in [-0.25, -0.2) is 0 Å². The summed E-state index contributed by atoms with van der Waals surface area (Å²) in [5.41, 5.74) is 2.81. The van der Waals surface area contributed by atoms with Crippen molar-refractivity contribution in [2.24, 2.45) is 0 Å². The molecule has 1 N–H and O–H groups in total. The number of amides is 2. The fourth-order valence-corrected chi connectivity index (χ4v) is 3.22. The topological polar surface area (TPSA) is 58.6 Å². The maximum absolute atomic E-state index is 12.3. The Labute approximate surface area is 147 Å². The number of carbonyl (C=O) groups is 2. The van der Waals surface area contributed by atoms with Gasteiger partial charge in [0.2, 0.25) is 11.8 Å². The maximum Gasteiger partial charge on any atom is 0.236 e. The second-order valence-corrected chi connectivity index (χ2v) is 6.80. The Bertz CT molecular complexity index is 843. The molecule has 1 aliphatic heterocycles. The molecular formula is C20H22N2O3. The first-order chi connectivity index (χ1) is 11.8. The Hall–Kier alpha value is -2.82. The van der Waals surface area contributed by atoms with Crippen LogP contribution in [0, 0.1) is 0 Å². The molecule has 0 aliphatic carbocycles. The number of nitrogens with one attached hydrogen (secondary N) is 1. The van der Waals surface area contributed by atoms with E-state index in [2.05, 4.69) is 5.32 Å². The summed E-state index contributed by atoms with van der Waals surface area (Å²) >= 11 is 0. The molecule has 0 atom stereocenters. The van der Waals surface area contributed by atoms with Crippen LogP contribution < -0.4 is 15.0 Å². The molecular weight excluding hydrogens is 316 g/mol. The third-order valence-corrected chi connectivity index (χ3v) is 4.65. The van der Waals surface area contributed by atoms with E-state index in [9.17, 15) is 9.59 Å². The zero-order chi connectivity index (χ0) is 18.2. The molecule has 0 radical (unpaired) electrons. The number of benzene rings is 2. The third kappa shape index (κ3) is 3.09. The number of ether oxygens (including phenoxy) is 1. The van der Waals surface area contributed by atoms with E-state index in [1.54, 1.807) is 19.1 Å². The standard InChI is InChI=1S/C20H22N2O3/c1-20(2)16-12-14(8-9-17(16)22(3)19(20)24)21-18(23)11-13-6-5-7-15(10-13)25-4/h5-10,12H,11H2,1-4H3,(H,21,23). The quantitative estimate of drug-likeness (QED) is 0.932. The first-order valence-corrected chi connectivity index (χ1v) is 8.18. The lowest BCUT2D eigenvalue weighted by Gasteiger charge is -2.17. The van der Waals surface area contributed by atoms with Crippen LogP contribution in [0.2, 0.25) is 0 Å². The molecule has 25 heavy (non-hydrogen) atoms. The first-order valence-electron chi connectivity index (χ1n) is 8.18. The number of anilines is 2. The Kier molecular flexibility index (Phi) is 4.25. The smallest absolute Gasteiger partial charge is 0.236 e. The molecule has 0 saturated heterocycles. The van der Waals surface area contributed by atoms with Gasteiger partial charge in [-0.05, 0) is 55.3 Å². The van der Waals surface area contributed by atoms with Gasteiger partial charge in [-0.1, -0.05) is 12.1 Å². The van der Waals surface area contributed by atoms with Crippen LogP contribution in [0.4, 0.5) is 11.4 Å². The summed E-state index contributed by atoms with van der Waals surface area (Å²) in [5, 5.41) is 2.92. The van der Waals surface area contributed by atoms with Crippen LogP contribution in [0.5, 0.6) is 5.75 Å². The van der Waals surface area contributed by atoms with Crippen molar-refractivity contribution >= 4 is 23.2 Å². The number of rotatable bonds is 4. The largest absolute Gasteiger partial charge is 0.497 e. The van der Waals surface area contributed by atoms with Crippen molar-refractivity contribution in [3.05, 3.63) is 53.6 Å². The van der Waals surface area contributed by atoms with E-state index in [-0.39, 0.29) is 18.2 Å². The summed E-state index contributed by atoms with van der Waals surface area (Å²) in [5.74, 6) is 0.678. The molecule has 0 aromatic heterocycles. The lowest BCUT2D eigenvalue weighted by Crippen LogP contribution is -2.33. The van der Waals surface area contributed by atoms with Gasteiger partial charge in [0.25, 0.3) is 0 Å². The predicted molar refractivity (Wildman–Crippen MR) is 98.2 cm³/mol. The summed E-state index contributed by atoms with van der Waals surface area (Å²) < 4.78 is 5.18. The van der Waals surface area contributed by atoms with Gasteiger partial charge >= 0.3 is 0 Å². The number of hydrogen-bond donors (Lipinski definition) is 1.